The molecule has 0 unspecified atom stereocenters. The molecule has 5 heteroatoms. The van der Waals surface area contributed by atoms with E-state index in [1.807, 2.05) is 12.1 Å². The number of nitrogens with one attached hydrogen (secondary N) is 1. The Morgan fingerprint density at radius 1 is 1.04 bits per heavy atom. The lowest BCUT2D eigenvalue weighted by Gasteiger charge is -2.28. The van der Waals surface area contributed by atoms with Crippen molar-refractivity contribution < 1.29 is 8.95 Å². The predicted molar refractivity (Wildman–Crippen MR) is 105 cm³/mol. The van der Waals surface area contributed by atoms with E-state index in [1.165, 1.54) is 28.5 Å². The van der Waals surface area contributed by atoms with Crippen LogP contribution >= 0.6 is 0 Å². The van der Waals surface area contributed by atoms with Crippen LogP contribution in [0.5, 0.6) is 5.75 Å². The Morgan fingerprint density at radius 2 is 1.77 bits per heavy atom. The Labute approximate surface area is 156 Å². The standard InChI is InChI=1S/C21H26N2O2S/c1-15(18-4-3-17-9-12-25-21(17)14-18)23-10-7-16-5-6-20(26(2,22)24)13-19(16)8-11-23/h3-6,13-15,22H,7-12H2,1-2H3/t15-,26-/m1/s1. The summed E-state index contributed by atoms with van der Waals surface area (Å²) in [5.41, 5.74) is 5.19. The molecular weight excluding hydrogens is 344 g/mol. The van der Waals surface area contributed by atoms with Gasteiger partial charge in [-0.3, -0.25) is 4.90 Å². The number of ether oxygens (including phenoxy) is 1. The summed E-state index contributed by atoms with van der Waals surface area (Å²) in [6.45, 7) is 5.04. The summed E-state index contributed by atoms with van der Waals surface area (Å²) in [5, 5.41) is 0. The number of nitrogens with zero attached hydrogens (tertiary/aromatic N) is 1. The molecule has 138 valence electrons. The second kappa shape index (κ2) is 6.71. The molecule has 0 aliphatic carbocycles. The minimum absolute atomic E-state index is 0.338. The average Bonchev–Trinajstić information content (AvgIpc) is 2.98. The molecule has 0 radical (unpaired) electrons. The van der Waals surface area contributed by atoms with E-state index in [1.54, 1.807) is 0 Å². The van der Waals surface area contributed by atoms with Crippen LogP contribution in [0.4, 0.5) is 0 Å². The van der Waals surface area contributed by atoms with Gasteiger partial charge in [0.25, 0.3) is 0 Å². The predicted octanol–water partition coefficient (Wildman–Crippen LogP) is 3.82. The van der Waals surface area contributed by atoms with E-state index in [-0.39, 0.29) is 0 Å². The molecule has 0 aromatic heterocycles. The third-order valence-corrected chi connectivity index (χ3v) is 6.87. The highest BCUT2D eigenvalue weighted by Gasteiger charge is 2.22. The molecule has 2 heterocycles. The number of hydrogen-bond donors (Lipinski definition) is 1. The van der Waals surface area contributed by atoms with Gasteiger partial charge in [0.1, 0.15) is 5.75 Å². The zero-order valence-corrected chi connectivity index (χ0v) is 16.3. The van der Waals surface area contributed by atoms with Crippen LogP contribution in [0.25, 0.3) is 0 Å². The summed E-state index contributed by atoms with van der Waals surface area (Å²) in [6.07, 6.45) is 4.44. The lowest BCUT2D eigenvalue weighted by Crippen LogP contribution is -2.29. The number of fused-ring (bicyclic) bond motifs is 2. The van der Waals surface area contributed by atoms with E-state index < -0.39 is 9.73 Å². The first kappa shape index (κ1) is 17.6. The highest BCUT2D eigenvalue weighted by Crippen LogP contribution is 2.31. The topological polar surface area (TPSA) is 53.4 Å². The van der Waals surface area contributed by atoms with Crippen LogP contribution < -0.4 is 4.74 Å². The first-order valence-corrected chi connectivity index (χ1v) is 11.2. The maximum atomic E-state index is 12.1. The molecule has 0 amide bonds. The van der Waals surface area contributed by atoms with E-state index in [4.69, 9.17) is 9.52 Å². The largest absolute Gasteiger partial charge is 0.493 e. The lowest BCUT2D eigenvalue weighted by molar-refractivity contribution is 0.220. The molecule has 2 aliphatic rings. The zero-order chi connectivity index (χ0) is 18.3. The highest BCUT2D eigenvalue weighted by molar-refractivity contribution is 7.91. The molecule has 26 heavy (non-hydrogen) atoms. The fraction of sp³-hybridized carbons (Fsp3) is 0.429. The van der Waals surface area contributed by atoms with Gasteiger partial charge in [-0.25, -0.2) is 8.99 Å². The van der Waals surface area contributed by atoms with Gasteiger partial charge < -0.3 is 4.74 Å². The van der Waals surface area contributed by atoms with E-state index in [0.717, 1.165) is 44.7 Å². The monoisotopic (exact) mass is 370 g/mol. The molecule has 2 aromatic carbocycles. The smallest absolute Gasteiger partial charge is 0.122 e. The van der Waals surface area contributed by atoms with Crippen LogP contribution in [0, 0.1) is 4.78 Å². The van der Waals surface area contributed by atoms with Crippen molar-refractivity contribution in [2.24, 2.45) is 0 Å². The first-order valence-electron chi connectivity index (χ1n) is 9.27. The summed E-state index contributed by atoms with van der Waals surface area (Å²) in [5.74, 6) is 1.05. The quantitative estimate of drug-likeness (QED) is 0.894. The van der Waals surface area contributed by atoms with Gasteiger partial charge in [0, 0.05) is 36.7 Å². The molecule has 4 rings (SSSR count). The fourth-order valence-corrected chi connectivity index (χ4v) is 4.70. The van der Waals surface area contributed by atoms with Gasteiger partial charge in [-0.05, 0) is 60.2 Å². The molecular formula is C21H26N2O2S. The SMILES string of the molecule is C[C@H](c1ccc2c(c1)OCC2)N1CCc2ccc([S@](C)(=N)=O)cc2CC1. The first-order chi connectivity index (χ1) is 12.4. The molecule has 1 N–H and O–H groups in total. The van der Waals surface area contributed by atoms with Gasteiger partial charge in [0.15, 0.2) is 0 Å². The van der Waals surface area contributed by atoms with Crippen molar-refractivity contribution in [2.45, 2.75) is 37.1 Å². The Bertz CT molecular complexity index is 937. The van der Waals surface area contributed by atoms with Gasteiger partial charge in [-0.2, -0.15) is 0 Å². The van der Waals surface area contributed by atoms with Crippen LogP contribution in [0.15, 0.2) is 41.3 Å². The Hall–Kier alpha value is -1.85. The van der Waals surface area contributed by atoms with Gasteiger partial charge in [0.2, 0.25) is 0 Å². The normalized spacial score (nSPS) is 20.4. The van der Waals surface area contributed by atoms with E-state index in [0.29, 0.717) is 10.9 Å². The van der Waals surface area contributed by atoms with Gasteiger partial charge in [0.05, 0.1) is 16.3 Å². The minimum Gasteiger partial charge on any atom is -0.493 e. The van der Waals surface area contributed by atoms with Crippen LogP contribution in [-0.2, 0) is 29.0 Å². The lowest BCUT2D eigenvalue weighted by atomic mass is 10.0. The summed E-state index contributed by atoms with van der Waals surface area (Å²) in [7, 11) is -2.65. The Morgan fingerprint density at radius 3 is 2.54 bits per heavy atom. The maximum Gasteiger partial charge on any atom is 0.122 e. The minimum atomic E-state index is -2.65. The number of rotatable bonds is 3. The second-order valence-electron chi connectivity index (χ2n) is 7.45. The van der Waals surface area contributed by atoms with Gasteiger partial charge in [-0.15, -0.1) is 0 Å². The highest BCUT2D eigenvalue weighted by atomic mass is 32.2. The molecule has 0 fully saturated rings. The van der Waals surface area contributed by atoms with Crippen molar-refractivity contribution >= 4 is 9.73 Å². The van der Waals surface area contributed by atoms with Gasteiger partial charge >= 0.3 is 0 Å². The average molecular weight is 371 g/mol. The maximum absolute atomic E-state index is 12.1. The van der Waals surface area contributed by atoms with E-state index in [9.17, 15) is 4.21 Å². The molecule has 0 spiro atoms. The molecule has 4 nitrogen and oxygen atoms in total. The Kier molecular flexibility index (Phi) is 4.53. The van der Waals surface area contributed by atoms with Crippen molar-refractivity contribution in [3.8, 4) is 5.75 Å². The zero-order valence-electron chi connectivity index (χ0n) is 15.5. The van der Waals surface area contributed by atoms with Crippen LogP contribution in [-0.4, -0.2) is 35.1 Å². The fourth-order valence-electron chi connectivity index (χ4n) is 4.00. The van der Waals surface area contributed by atoms with Gasteiger partial charge in [-0.1, -0.05) is 18.2 Å². The molecule has 2 atom stereocenters. The van der Waals surface area contributed by atoms with Crippen molar-refractivity contribution in [1.82, 2.24) is 4.90 Å². The van der Waals surface area contributed by atoms with Crippen LogP contribution in [0.1, 0.15) is 35.2 Å². The van der Waals surface area contributed by atoms with E-state index >= 15 is 0 Å². The molecule has 0 saturated carbocycles. The van der Waals surface area contributed by atoms with Crippen molar-refractivity contribution in [3.05, 3.63) is 58.7 Å². The van der Waals surface area contributed by atoms with Crippen LogP contribution in [0.2, 0.25) is 0 Å². The molecule has 0 saturated heterocycles. The van der Waals surface area contributed by atoms with Crippen molar-refractivity contribution in [2.75, 3.05) is 26.0 Å². The van der Waals surface area contributed by atoms with Crippen molar-refractivity contribution in [1.29, 1.82) is 4.78 Å². The summed E-state index contributed by atoms with van der Waals surface area (Å²) >= 11 is 0. The summed E-state index contributed by atoms with van der Waals surface area (Å²) < 4.78 is 25.6. The van der Waals surface area contributed by atoms with E-state index in [2.05, 4.69) is 36.1 Å². The van der Waals surface area contributed by atoms with Crippen molar-refractivity contribution in [3.63, 3.8) is 0 Å². The molecule has 2 aromatic rings. The summed E-state index contributed by atoms with van der Waals surface area (Å²) in [6, 6.07) is 12.9. The Balaban J connectivity index is 1.53. The number of benzene rings is 2. The van der Waals surface area contributed by atoms with Crippen LogP contribution in [0.3, 0.4) is 0 Å². The summed E-state index contributed by atoms with van der Waals surface area (Å²) in [4.78, 5) is 3.16. The second-order valence-corrected chi connectivity index (χ2v) is 9.61. The third-order valence-electron chi connectivity index (χ3n) is 5.71. The number of hydrogen-bond acceptors (Lipinski definition) is 4. The molecule has 0 bridgehead atoms. The molecule has 2 aliphatic heterocycles. The third kappa shape index (κ3) is 3.38.